The zero-order chi connectivity index (χ0) is 18.2. The van der Waals surface area contributed by atoms with Crippen molar-refractivity contribution >= 4 is 17.5 Å². The fourth-order valence-corrected chi connectivity index (χ4v) is 2.36. The van der Waals surface area contributed by atoms with Gasteiger partial charge < -0.3 is 15.6 Å². The van der Waals surface area contributed by atoms with Gasteiger partial charge in [-0.3, -0.25) is 4.79 Å². The number of hydrogen-bond acceptors (Lipinski definition) is 4. The molecule has 0 aromatic heterocycles. The zero-order valence-electron chi connectivity index (χ0n) is 14.5. The molecule has 0 aliphatic carbocycles. The van der Waals surface area contributed by atoms with Gasteiger partial charge in [-0.25, -0.2) is 0 Å². The van der Waals surface area contributed by atoms with Crippen LogP contribution in [0.25, 0.3) is 6.08 Å². The third kappa shape index (κ3) is 4.98. The maximum Gasteiger partial charge on any atom is 0.185 e. The molecule has 4 nitrogen and oxygen atoms in total. The van der Waals surface area contributed by atoms with E-state index in [0.29, 0.717) is 30.0 Å². The van der Waals surface area contributed by atoms with E-state index in [-0.39, 0.29) is 11.5 Å². The van der Waals surface area contributed by atoms with Crippen LogP contribution in [0.15, 0.2) is 54.6 Å². The molecule has 4 heteroatoms. The van der Waals surface area contributed by atoms with Crippen molar-refractivity contribution in [3.8, 4) is 11.5 Å². The number of anilines is 1. The Morgan fingerprint density at radius 1 is 1.24 bits per heavy atom. The largest absolute Gasteiger partial charge is 0.508 e. The minimum Gasteiger partial charge on any atom is -0.508 e. The van der Waals surface area contributed by atoms with Crippen LogP contribution in [0.3, 0.4) is 0 Å². The summed E-state index contributed by atoms with van der Waals surface area (Å²) < 4.78 is 5.57. The van der Waals surface area contributed by atoms with Crippen molar-refractivity contribution < 1.29 is 14.6 Å². The summed E-state index contributed by atoms with van der Waals surface area (Å²) in [6.07, 6.45) is 7.71. The first-order valence-corrected chi connectivity index (χ1v) is 8.23. The number of phenols is 1. The molecule has 0 aliphatic heterocycles. The van der Waals surface area contributed by atoms with Gasteiger partial charge in [0, 0.05) is 22.9 Å². The molecule has 0 heterocycles. The van der Waals surface area contributed by atoms with Crippen LogP contribution in [0.2, 0.25) is 0 Å². The molecule has 0 bridgehead atoms. The van der Waals surface area contributed by atoms with E-state index in [0.717, 1.165) is 11.1 Å². The van der Waals surface area contributed by atoms with E-state index >= 15 is 0 Å². The molecule has 0 aliphatic rings. The fraction of sp³-hybridized carbons (Fsp3) is 0.190. The molecule has 0 spiro atoms. The van der Waals surface area contributed by atoms with Crippen molar-refractivity contribution in [3.05, 3.63) is 71.3 Å². The Balaban J connectivity index is 2.31. The number of carbonyl (C=O) groups excluding carboxylic acids is 1. The molecule has 2 rings (SSSR count). The van der Waals surface area contributed by atoms with Gasteiger partial charge in [0.25, 0.3) is 0 Å². The van der Waals surface area contributed by atoms with Crippen molar-refractivity contribution in [1.82, 2.24) is 0 Å². The van der Waals surface area contributed by atoms with E-state index in [2.05, 4.69) is 0 Å². The number of benzene rings is 2. The average molecular weight is 337 g/mol. The van der Waals surface area contributed by atoms with Crippen molar-refractivity contribution in [2.75, 3.05) is 12.3 Å². The maximum absolute atomic E-state index is 12.3. The van der Waals surface area contributed by atoms with Crippen LogP contribution in [0.5, 0.6) is 11.5 Å². The van der Waals surface area contributed by atoms with Gasteiger partial charge >= 0.3 is 0 Å². The fourth-order valence-electron chi connectivity index (χ4n) is 2.36. The van der Waals surface area contributed by atoms with Crippen molar-refractivity contribution in [2.24, 2.45) is 0 Å². The molecule has 0 atom stereocenters. The summed E-state index contributed by atoms with van der Waals surface area (Å²) in [7, 11) is 0. The summed E-state index contributed by atoms with van der Waals surface area (Å²) in [5.41, 5.74) is 8.36. The van der Waals surface area contributed by atoms with E-state index in [1.807, 2.05) is 32.1 Å². The van der Waals surface area contributed by atoms with E-state index in [1.165, 1.54) is 6.08 Å². The van der Waals surface area contributed by atoms with Crippen molar-refractivity contribution in [1.29, 1.82) is 0 Å². The first-order valence-electron chi connectivity index (χ1n) is 8.23. The lowest BCUT2D eigenvalue weighted by Crippen LogP contribution is -1.97. The molecular formula is C21H23NO3. The summed E-state index contributed by atoms with van der Waals surface area (Å²) in [6, 6.07) is 10.2. The lowest BCUT2D eigenvalue weighted by Gasteiger charge is -2.11. The highest BCUT2D eigenvalue weighted by Crippen LogP contribution is 2.30. The Hall–Kier alpha value is -3.01. The minimum absolute atomic E-state index is 0.120. The van der Waals surface area contributed by atoms with E-state index in [1.54, 1.807) is 36.4 Å². The SMILES string of the molecule is C/C=C/Cc1cc(/C=C/C(=O)c2ccc(N)cc2)c(OCC)cc1O. The van der Waals surface area contributed by atoms with Gasteiger partial charge in [-0.05, 0) is 68.3 Å². The smallest absolute Gasteiger partial charge is 0.185 e. The number of hydrogen-bond donors (Lipinski definition) is 2. The molecule has 0 amide bonds. The Labute approximate surface area is 148 Å². The number of nitrogens with two attached hydrogens (primary N) is 1. The topological polar surface area (TPSA) is 72.6 Å². The predicted octanol–water partition coefficient (Wildman–Crippen LogP) is 4.39. The normalized spacial score (nSPS) is 11.3. The van der Waals surface area contributed by atoms with Gasteiger partial charge in [0.15, 0.2) is 5.78 Å². The highest BCUT2D eigenvalue weighted by atomic mass is 16.5. The standard InChI is InChI=1S/C21H23NO3/c1-3-5-6-16-13-17(21(25-4-2)14-20(16)24)9-12-19(23)15-7-10-18(22)11-8-15/h3,5,7-14,24H,4,6,22H2,1-2H3/b5-3+,12-9+. The van der Waals surface area contributed by atoms with E-state index < -0.39 is 0 Å². The lowest BCUT2D eigenvalue weighted by molar-refractivity contribution is 0.104. The monoisotopic (exact) mass is 337 g/mol. The number of phenolic OH excluding ortho intramolecular Hbond substituents is 1. The summed E-state index contributed by atoms with van der Waals surface area (Å²) in [5.74, 6) is 0.611. The first-order chi connectivity index (χ1) is 12.0. The van der Waals surface area contributed by atoms with Crippen LogP contribution < -0.4 is 10.5 Å². The Bertz CT molecular complexity index is 790. The second kappa shape index (κ2) is 8.73. The van der Waals surface area contributed by atoms with Crippen LogP contribution in [0.4, 0.5) is 5.69 Å². The number of aromatic hydroxyl groups is 1. The molecule has 0 saturated carbocycles. The van der Waals surface area contributed by atoms with Crippen LogP contribution in [0, 0.1) is 0 Å². The average Bonchev–Trinajstić information content (AvgIpc) is 2.60. The van der Waals surface area contributed by atoms with Crippen LogP contribution in [0.1, 0.15) is 35.3 Å². The van der Waals surface area contributed by atoms with Gasteiger partial charge in [0.2, 0.25) is 0 Å². The second-order valence-corrected chi connectivity index (χ2v) is 5.54. The van der Waals surface area contributed by atoms with E-state index in [4.69, 9.17) is 10.5 Å². The number of allylic oxidation sites excluding steroid dienone is 3. The number of carbonyl (C=O) groups is 1. The second-order valence-electron chi connectivity index (χ2n) is 5.54. The summed E-state index contributed by atoms with van der Waals surface area (Å²) >= 11 is 0. The number of nitrogen functional groups attached to an aromatic ring is 1. The molecule has 3 N–H and O–H groups in total. The highest BCUT2D eigenvalue weighted by Gasteiger charge is 2.09. The number of rotatable bonds is 7. The van der Waals surface area contributed by atoms with Gasteiger partial charge in [-0.1, -0.05) is 12.2 Å². The summed E-state index contributed by atoms with van der Waals surface area (Å²) in [6.45, 7) is 4.27. The van der Waals surface area contributed by atoms with E-state index in [9.17, 15) is 9.90 Å². The molecule has 0 fully saturated rings. The van der Waals surface area contributed by atoms with Gasteiger partial charge in [0.05, 0.1) is 6.61 Å². The summed E-state index contributed by atoms with van der Waals surface area (Å²) in [5, 5.41) is 10.1. The molecule has 0 saturated heterocycles. The zero-order valence-corrected chi connectivity index (χ0v) is 14.5. The van der Waals surface area contributed by atoms with Gasteiger partial charge in [-0.15, -0.1) is 0 Å². The van der Waals surface area contributed by atoms with Gasteiger partial charge in [0.1, 0.15) is 11.5 Å². The van der Waals surface area contributed by atoms with Crippen molar-refractivity contribution in [3.63, 3.8) is 0 Å². The molecular weight excluding hydrogens is 314 g/mol. The highest BCUT2D eigenvalue weighted by molar-refractivity contribution is 6.07. The Morgan fingerprint density at radius 2 is 1.96 bits per heavy atom. The molecule has 130 valence electrons. The number of ether oxygens (including phenoxy) is 1. The van der Waals surface area contributed by atoms with Crippen LogP contribution >= 0.6 is 0 Å². The Kier molecular flexibility index (Phi) is 6.40. The molecule has 0 unspecified atom stereocenters. The first kappa shape index (κ1) is 18.3. The molecule has 0 radical (unpaired) electrons. The maximum atomic E-state index is 12.3. The Morgan fingerprint density at radius 3 is 2.60 bits per heavy atom. The minimum atomic E-state index is -0.120. The van der Waals surface area contributed by atoms with Crippen molar-refractivity contribution in [2.45, 2.75) is 20.3 Å². The van der Waals surface area contributed by atoms with Crippen LogP contribution in [-0.4, -0.2) is 17.5 Å². The predicted molar refractivity (Wildman–Crippen MR) is 102 cm³/mol. The third-order valence-corrected chi connectivity index (χ3v) is 3.69. The third-order valence-electron chi connectivity index (χ3n) is 3.69. The number of ketones is 1. The van der Waals surface area contributed by atoms with Gasteiger partial charge in [-0.2, -0.15) is 0 Å². The molecule has 2 aromatic rings. The lowest BCUT2D eigenvalue weighted by atomic mass is 10.0. The molecule has 2 aromatic carbocycles. The molecule has 25 heavy (non-hydrogen) atoms. The quantitative estimate of drug-likeness (QED) is 0.340. The summed E-state index contributed by atoms with van der Waals surface area (Å²) in [4.78, 5) is 12.3. The van der Waals surface area contributed by atoms with Crippen LogP contribution in [-0.2, 0) is 6.42 Å².